The van der Waals surface area contributed by atoms with E-state index in [2.05, 4.69) is 24.5 Å². The van der Waals surface area contributed by atoms with E-state index in [9.17, 15) is 9.59 Å². The van der Waals surface area contributed by atoms with Crippen molar-refractivity contribution in [1.82, 2.24) is 10.6 Å². The van der Waals surface area contributed by atoms with E-state index in [0.717, 1.165) is 37.1 Å². The minimum absolute atomic E-state index is 0. The molecule has 1 radical (unpaired) electrons. The van der Waals surface area contributed by atoms with Crippen LogP contribution >= 0.6 is 0 Å². The van der Waals surface area contributed by atoms with Gasteiger partial charge in [0, 0.05) is 53.7 Å². The molecule has 0 aromatic rings. The Bertz CT molecular complexity index is 585. The van der Waals surface area contributed by atoms with Crippen LogP contribution in [0.4, 0.5) is 0 Å². The molecule has 27 heavy (non-hydrogen) atoms. The zero-order valence-electron chi connectivity index (χ0n) is 16.1. The Morgan fingerprint density at radius 3 is 1.41 bits per heavy atom. The third-order valence-electron chi connectivity index (χ3n) is 3.70. The van der Waals surface area contributed by atoms with Crippen molar-refractivity contribution in [3.05, 3.63) is 72.2 Å². The van der Waals surface area contributed by atoms with E-state index in [-0.39, 0.29) is 28.6 Å². The van der Waals surface area contributed by atoms with Crippen LogP contribution in [0.1, 0.15) is 39.5 Å². The molecule has 4 nitrogen and oxygen atoms in total. The van der Waals surface area contributed by atoms with Crippen molar-refractivity contribution in [2.24, 2.45) is 0 Å². The first kappa shape index (κ1) is 24.9. The number of hydrogen-bond donors (Lipinski definition) is 2. The number of hydrogen-bond acceptors (Lipinski definition) is 4. The third kappa shape index (κ3) is 11.3. The molecule has 0 heterocycles. The number of carbonyl (C=O) groups is 2. The smallest absolute Gasteiger partial charge is 0.187 e. The normalized spacial score (nSPS) is 17.6. The maximum Gasteiger partial charge on any atom is 0.187 e. The van der Waals surface area contributed by atoms with E-state index in [1.54, 1.807) is 36.7 Å². The molecule has 2 aliphatic carbocycles. The Kier molecular flexibility index (Phi) is 14.8. The summed E-state index contributed by atoms with van der Waals surface area (Å²) in [5, 5.41) is 6.24. The van der Waals surface area contributed by atoms with Crippen molar-refractivity contribution in [2.75, 3.05) is 13.1 Å². The second kappa shape index (κ2) is 16.1. The number of nitrogens with one attached hydrogen (secondary N) is 2. The van der Waals surface area contributed by atoms with Crippen LogP contribution in [0.2, 0.25) is 0 Å². The van der Waals surface area contributed by atoms with E-state index in [0.29, 0.717) is 0 Å². The zero-order chi connectivity index (χ0) is 19.0. The first-order chi connectivity index (χ1) is 12.7. The molecule has 0 atom stereocenters. The third-order valence-corrected chi connectivity index (χ3v) is 3.70. The SMILES string of the molecule is CCCCNC=C1C=CC=CC1=O.CCCCNC=C1C=CC=CC1=O.[Cu]. The fourth-order valence-electron chi connectivity index (χ4n) is 2.12. The number of ketones is 2. The van der Waals surface area contributed by atoms with Gasteiger partial charge in [-0.25, -0.2) is 0 Å². The largest absolute Gasteiger partial charge is 0.390 e. The summed E-state index contributed by atoms with van der Waals surface area (Å²) < 4.78 is 0. The van der Waals surface area contributed by atoms with Crippen LogP contribution in [0.5, 0.6) is 0 Å². The van der Waals surface area contributed by atoms with Crippen LogP contribution in [-0.2, 0) is 26.7 Å². The summed E-state index contributed by atoms with van der Waals surface area (Å²) in [5.41, 5.74) is 1.47. The summed E-state index contributed by atoms with van der Waals surface area (Å²) in [5.74, 6) is 0.151. The Hall–Kier alpha value is -2.10. The fourth-order valence-corrected chi connectivity index (χ4v) is 2.12. The first-order valence-electron chi connectivity index (χ1n) is 9.34. The zero-order valence-corrected chi connectivity index (χ0v) is 17.1. The Morgan fingerprint density at radius 2 is 1.07 bits per heavy atom. The molecule has 0 spiro atoms. The Morgan fingerprint density at radius 1 is 0.704 bits per heavy atom. The van der Waals surface area contributed by atoms with Gasteiger partial charge >= 0.3 is 0 Å². The molecule has 0 aromatic heterocycles. The first-order valence-corrected chi connectivity index (χ1v) is 9.34. The molecule has 0 bridgehead atoms. The summed E-state index contributed by atoms with van der Waals surface area (Å²) in [7, 11) is 0. The topological polar surface area (TPSA) is 58.2 Å². The van der Waals surface area contributed by atoms with E-state index >= 15 is 0 Å². The maximum atomic E-state index is 11.2. The van der Waals surface area contributed by atoms with Crippen molar-refractivity contribution in [1.29, 1.82) is 0 Å². The van der Waals surface area contributed by atoms with Crippen LogP contribution in [0.3, 0.4) is 0 Å². The van der Waals surface area contributed by atoms with Gasteiger partial charge in [0.05, 0.1) is 0 Å². The van der Waals surface area contributed by atoms with E-state index < -0.39 is 0 Å². The average Bonchev–Trinajstić information content (AvgIpc) is 2.66. The summed E-state index contributed by atoms with van der Waals surface area (Å²) >= 11 is 0. The van der Waals surface area contributed by atoms with Crippen molar-refractivity contribution in [2.45, 2.75) is 39.5 Å². The van der Waals surface area contributed by atoms with Crippen LogP contribution < -0.4 is 10.6 Å². The van der Waals surface area contributed by atoms with Gasteiger partial charge in [0.1, 0.15) is 0 Å². The maximum absolute atomic E-state index is 11.2. The van der Waals surface area contributed by atoms with Crippen molar-refractivity contribution >= 4 is 11.6 Å². The molecule has 0 amide bonds. The molecule has 0 aliphatic heterocycles. The molecular weight excluding hydrogens is 388 g/mol. The van der Waals surface area contributed by atoms with Crippen LogP contribution in [0, 0.1) is 0 Å². The number of unbranched alkanes of at least 4 members (excludes halogenated alkanes) is 2. The minimum Gasteiger partial charge on any atom is -0.390 e. The molecule has 0 fully saturated rings. The molecule has 2 rings (SSSR count). The molecule has 0 saturated heterocycles. The molecule has 5 heteroatoms. The van der Waals surface area contributed by atoms with Gasteiger partial charge in [-0.1, -0.05) is 51.0 Å². The van der Waals surface area contributed by atoms with Crippen molar-refractivity contribution in [3.63, 3.8) is 0 Å². The van der Waals surface area contributed by atoms with Gasteiger partial charge < -0.3 is 10.6 Å². The average molecular weight is 418 g/mol. The Labute approximate surface area is 173 Å². The molecule has 0 saturated carbocycles. The minimum atomic E-state index is 0. The molecular formula is C22H30CuN2O2. The van der Waals surface area contributed by atoms with E-state index in [1.807, 2.05) is 24.3 Å². The second-order valence-electron chi connectivity index (χ2n) is 5.98. The standard InChI is InChI=1S/2C11H15NO.Cu/c2*1-2-3-8-12-9-10-6-4-5-7-11(10)13;/h2*4-7,9,12H,2-3,8H2,1H3;. The van der Waals surface area contributed by atoms with Crippen molar-refractivity contribution < 1.29 is 26.7 Å². The Balaban J connectivity index is 0.000000483. The molecule has 2 N–H and O–H groups in total. The summed E-state index contributed by atoms with van der Waals surface area (Å²) in [4.78, 5) is 22.4. The van der Waals surface area contributed by atoms with Gasteiger partial charge in [-0.15, -0.1) is 0 Å². The summed E-state index contributed by atoms with van der Waals surface area (Å²) in [6.45, 7) is 6.15. The van der Waals surface area contributed by atoms with Gasteiger partial charge in [0.2, 0.25) is 0 Å². The quantitative estimate of drug-likeness (QED) is 0.357. The summed E-state index contributed by atoms with van der Waals surface area (Å²) in [6, 6.07) is 0. The molecule has 2 aliphatic rings. The van der Waals surface area contributed by atoms with Crippen LogP contribution in [0.15, 0.2) is 72.2 Å². The van der Waals surface area contributed by atoms with Gasteiger partial charge in [0.15, 0.2) is 11.6 Å². The molecule has 0 unspecified atom stereocenters. The van der Waals surface area contributed by atoms with Crippen LogP contribution in [-0.4, -0.2) is 24.7 Å². The molecule has 0 aromatic carbocycles. The van der Waals surface area contributed by atoms with Gasteiger partial charge in [0.25, 0.3) is 0 Å². The van der Waals surface area contributed by atoms with Crippen molar-refractivity contribution in [3.8, 4) is 0 Å². The van der Waals surface area contributed by atoms with Gasteiger partial charge in [-0.2, -0.15) is 0 Å². The van der Waals surface area contributed by atoms with Gasteiger partial charge in [-0.3, -0.25) is 9.59 Å². The number of allylic oxidation sites excluding steroid dienone is 10. The number of carbonyl (C=O) groups excluding carboxylic acids is 2. The van der Waals surface area contributed by atoms with E-state index in [1.165, 1.54) is 12.8 Å². The molecule has 151 valence electrons. The fraction of sp³-hybridized carbons (Fsp3) is 0.364. The monoisotopic (exact) mass is 417 g/mol. The van der Waals surface area contributed by atoms with Crippen LogP contribution in [0.25, 0.3) is 0 Å². The predicted octanol–water partition coefficient (Wildman–Crippen LogP) is 3.91. The predicted molar refractivity (Wildman–Crippen MR) is 109 cm³/mol. The number of rotatable bonds is 8. The second-order valence-corrected chi connectivity index (χ2v) is 5.98. The van der Waals surface area contributed by atoms with Gasteiger partial charge in [-0.05, 0) is 37.1 Å². The summed E-state index contributed by atoms with van der Waals surface area (Å²) in [6.07, 6.45) is 22.2. The van der Waals surface area contributed by atoms with E-state index in [4.69, 9.17) is 0 Å².